The molecule has 0 aliphatic heterocycles. The van der Waals surface area contributed by atoms with Crippen LogP contribution in [-0.2, 0) is 14.3 Å². The highest BCUT2D eigenvalue weighted by Gasteiger charge is 2.19. The van der Waals surface area contributed by atoms with E-state index in [9.17, 15) is 24.5 Å². The molecule has 0 aliphatic rings. The standard InChI is InChI=1S/C20H21N3O9/c1-29-15-8-12(9-16(30-2)19(15)31-3)20(26)21-10-18(25)32-11-17(24)22-13-6-4-5-7-14(13)23(27)28/h4-9H,10-11H2,1-3H3,(H,21,26)(H,22,24). The summed E-state index contributed by atoms with van der Waals surface area (Å²) < 4.78 is 20.3. The van der Waals surface area contributed by atoms with Crippen molar-refractivity contribution in [3.05, 3.63) is 52.1 Å². The van der Waals surface area contributed by atoms with E-state index in [1.54, 1.807) is 0 Å². The Kier molecular flexibility index (Phi) is 8.34. The number of benzene rings is 2. The zero-order chi connectivity index (χ0) is 23.7. The van der Waals surface area contributed by atoms with Gasteiger partial charge in [0, 0.05) is 11.6 Å². The number of para-hydroxylation sites is 2. The molecular formula is C20H21N3O9. The summed E-state index contributed by atoms with van der Waals surface area (Å²) in [5.41, 5.74) is -0.194. The predicted molar refractivity (Wildman–Crippen MR) is 111 cm³/mol. The highest BCUT2D eigenvalue weighted by molar-refractivity contribution is 5.98. The molecule has 2 aromatic carbocycles. The van der Waals surface area contributed by atoms with E-state index in [4.69, 9.17) is 18.9 Å². The summed E-state index contributed by atoms with van der Waals surface area (Å²) in [6.07, 6.45) is 0. The Balaban J connectivity index is 1.90. The molecule has 0 saturated carbocycles. The lowest BCUT2D eigenvalue weighted by Crippen LogP contribution is -2.32. The number of ether oxygens (including phenoxy) is 4. The van der Waals surface area contributed by atoms with Crippen molar-refractivity contribution >= 4 is 29.2 Å². The van der Waals surface area contributed by atoms with E-state index in [1.165, 1.54) is 57.7 Å². The van der Waals surface area contributed by atoms with E-state index in [0.29, 0.717) is 5.75 Å². The number of methoxy groups -OCH3 is 3. The molecule has 2 amide bonds. The lowest BCUT2D eigenvalue weighted by molar-refractivity contribution is -0.383. The Labute approximate surface area is 182 Å². The lowest BCUT2D eigenvalue weighted by Gasteiger charge is -2.14. The van der Waals surface area contributed by atoms with Gasteiger partial charge in [0.25, 0.3) is 17.5 Å². The average molecular weight is 447 g/mol. The Bertz CT molecular complexity index is 998. The summed E-state index contributed by atoms with van der Waals surface area (Å²) in [6, 6.07) is 8.33. The van der Waals surface area contributed by atoms with Crippen LogP contribution in [-0.4, -0.2) is 57.2 Å². The third-order valence-electron chi connectivity index (χ3n) is 4.06. The van der Waals surface area contributed by atoms with Crippen LogP contribution in [0.1, 0.15) is 10.4 Å². The monoisotopic (exact) mass is 447 g/mol. The minimum atomic E-state index is -0.886. The fourth-order valence-corrected chi connectivity index (χ4v) is 2.59. The number of carbonyl (C=O) groups excluding carboxylic acids is 3. The van der Waals surface area contributed by atoms with Crippen molar-refractivity contribution in [3.8, 4) is 17.2 Å². The number of esters is 1. The molecule has 12 nitrogen and oxygen atoms in total. The van der Waals surface area contributed by atoms with Gasteiger partial charge in [-0.3, -0.25) is 24.5 Å². The molecule has 32 heavy (non-hydrogen) atoms. The van der Waals surface area contributed by atoms with E-state index in [1.807, 2.05) is 0 Å². The van der Waals surface area contributed by atoms with Gasteiger partial charge >= 0.3 is 5.97 Å². The van der Waals surface area contributed by atoms with Crippen molar-refractivity contribution in [1.29, 1.82) is 0 Å². The zero-order valence-corrected chi connectivity index (χ0v) is 17.5. The lowest BCUT2D eigenvalue weighted by atomic mass is 10.1. The summed E-state index contributed by atoms with van der Waals surface area (Å²) in [5.74, 6) is -1.47. The number of hydrogen-bond donors (Lipinski definition) is 2. The molecule has 0 aromatic heterocycles. The Morgan fingerprint density at radius 2 is 1.62 bits per heavy atom. The molecule has 12 heteroatoms. The number of nitro benzene ring substituents is 1. The van der Waals surface area contributed by atoms with Gasteiger partial charge in [0.15, 0.2) is 18.1 Å². The van der Waals surface area contributed by atoms with Crippen molar-refractivity contribution in [2.45, 2.75) is 0 Å². The Hall–Kier alpha value is -4.35. The van der Waals surface area contributed by atoms with Gasteiger partial charge in [-0.1, -0.05) is 12.1 Å². The third-order valence-corrected chi connectivity index (χ3v) is 4.06. The molecule has 0 atom stereocenters. The van der Waals surface area contributed by atoms with Crippen LogP contribution in [0, 0.1) is 10.1 Å². The van der Waals surface area contributed by atoms with E-state index >= 15 is 0 Å². The fraction of sp³-hybridized carbons (Fsp3) is 0.250. The van der Waals surface area contributed by atoms with Crippen molar-refractivity contribution in [1.82, 2.24) is 5.32 Å². The van der Waals surface area contributed by atoms with Crippen molar-refractivity contribution in [2.24, 2.45) is 0 Å². The first kappa shape index (κ1) is 23.9. The summed E-state index contributed by atoms with van der Waals surface area (Å²) in [5, 5.41) is 15.6. The molecule has 0 spiro atoms. The van der Waals surface area contributed by atoms with E-state index < -0.39 is 35.9 Å². The van der Waals surface area contributed by atoms with Gasteiger partial charge in [0.05, 0.1) is 26.3 Å². The molecule has 0 saturated heterocycles. The number of nitrogens with zero attached hydrogens (tertiary/aromatic N) is 1. The van der Waals surface area contributed by atoms with Crippen molar-refractivity contribution < 1.29 is 38.3 Å². The maximum atomic E-state index is 12.4. The van der Waals surface area contributed by atoms with Crippen LogP contribution < -0.4 is 24.8 Å². The predicted octanol–water partition coefficient (Wildman–Crippen LogP) is 1.53. The molecule has 0 unspecified atom stereocenters. The van der Waals surface area contributed by atoms with Crippen LogP contribution in [0.3, 0.4) is 0 Å². The van der Waals surface area contributed by atoms with Gasteiger partial charge in [-0.05, 0) is 18.2 Å². The van der Waals surface area contributed by atoms with Gasteiger partial charge < -0.3 is 29.6 Å². The number of amides is 2. The van der Waals surface area contributed by atoms with Gasteiger partial charge in [0.2, 0.25) is 5.75 Å². The maximum Gasteiger partial charge on any atom is 0.325 e. The second-order valence-electron chi connectivity index (χ2n) is 6.08. The zero-order valence-electron chi connectivity index (χ0n) is 17.5. The van der Waals surface area contributed by atoms with Gasteiger partial charge in [-0.25, -0.2) is 0 Å². The summed E-state index contributed by atoms with van der Waals surface area (Å²) >= 11 is 0. The molecule has 2 rings (SSSR count). The van der Waals surface area contributed by atoms with Crippen LogP contribution >= 0.6 is 0 Å². The number of anilines is 1. The van der Waals surface area contributed by atoms with E-state index in [2.05, 4.69) is 10.6 Å². The number of hydrogen-bond acceptors (Lipinski definition) is 9. The maximum absolute atomic E-state index is 12.4. The minimum absolute atomic E-state index is 0.0331. The molecule has 2 aromatic rings. The average Bonchev–Trinajstić information content (AvgIpc) is 2.80. The van der Waals surface area contributed by atoms with Crippen LogP contribution in [0.4, 0.5) is 11.4 Å². The molecule has 0 radical (unpaired) electrons. The molecule has 170 valence electrons. The molecule has 0 bridgehead atoms. The third kappa shape index (κ3) is 6.08. The summed E-state index contributed by atoms with van der Waals surface area (Å²) in [6.45, 7) is -1.21. The second kappa shape index (κ2) is 11.2. The molecule has 0 aliphatic carbocycles. The number of nitrogens with one attached hydrogen (secondary N) is 2. The van der Waals surface area contributed by atoms with Gasteiger partial charge in [-0.15, -0.1) is 0 Å². The van der Waals surface area contributed by atoms with Crippen molar-refractivity contribution in [2.75, 3.05) is 39.8 Å². The highest BCUT2D eigenvalue weighted by atomic mass is 16.6. The van der Waals surface area contributed by atoms with Crippen LogP contribution in [0.5, 0.6) is 17.2 Å². The van der Waals surface area contributed by atoms with E-state index in [-0.39, 0.29) is 28.4 Å². The number of carbonyl (C=O) groups is 3. The Morgan fingerprint density at radius 1 is 1.00 bits per heavy atom. The molecule has 0 fully saturated rings. The smallest absolute Gasteiger partial charge is 0.325 e. The topological polar surface area (TPSA) is 155 Å². The molecule has 2 N–H and O–H groups in total. The highest BCUT2D eigenvalue weighted by Crippen LogP contribution is 2.38. The largest absolute Gasteiger partial charge is 0.493 e. The first-order valence-electron chi connectivity index (χ1n) is 9.07. The summed E-state index contributed by atoms with van der Waals surface area (Å²) in [7, 11) is 4.21. The minimum Gasteiger partial charge on any atom is -0.493 e. The summed E-state index contributed by atoms with van der Waals surface area (Å²) in [4.78, 5) is 46.4. The van der Waals surface area contributed by atoms with Gasteiger partial charge in [-0.2, -0.15) is 0 Å². The normalized spacial score (nSPS) is 9.97. The second-order valence-corrected chi connectivity index (χ2v) is 6.08. The van der Waals surface area contributed by atoms with Gasteiger partial charge in [0.1, 0.15) is 12.2 Å². The van der Waals surface area contributed by atoms with Crippen LogP contribution in [0.2, 0.25) is 0 Å². The quantitative estimate of drug-likeness (QED) is 0.313. The first-order chi connectivity index (χ1) is 15.3. The molecular weight excluding hydrogens is 426 g/mol. The Morgan fingerprint density at radius 3 is 2.19 bits per heavy atom. The molecule has 0 heterocycles. The van der Waals surface area contributed by atoms with Crippen LogP contribution in [0.15, 0.2) is 36.4 Å². The van der Waals surface area contributed by atoms with Crippen molar-refractivity contribution in [3.63, 3.8) is 0 Å². The fourth-order valence-electron chi connectivity index (χ4n) is 2.59. The number of rotatable bonds is 10. The van der Waals surface area contributed by atoms with Crippen LogP contribution in [0.25, 0.3) is 0 Å². The SMILES string of the molecule is COc1cc(C(=O)NCC(=O)OCC(=O)Nc2ccccc2[N+](=O)[O-])cc(OC)c1OC. The number of nitro groups is 1. The first-order valence-corrected chi connectivity index (χ1v) is 9.07. The van der Waals surface area contributed by atoms with E-state index in [0.717, 1.165) is 0 Å².